The summed E-state index contributed by atoms with van der Waals surface area (Å²) in [6, 6.07) is 19.4. The largest absolute Gasteiger partial charge is 0.493 e. The number of hydrogen-bond donors (Lipinski definition) is 1. The van der Waals surface area contributed by atoms with Crippen molar-refractivity contribution >= 4 is 23.2 Å². The summed E-state index contributed by atoms with van der Waals surface area (Å²) in [5, 5.41) is 12.0. The first kappa shape index (κ1) is 21.8. The van der Waals surface area contributed by atoms with Gasteiger partial charge in [0, 0.05) is 51.1 Å². The van der Waals surface area contributed by atoms with Gasteiger partial charge in [-0.05, 0) is 42.0 Å². The van der Waals surface area contributed by atoms with Crippen LogP contribution < -0.4 is 10.1 Å². The summed E-state index contributed by atoms with van der Waals surface area (Å²) in [6.07, 6.45) is 1.37. The summed E-state index contributed by atoms with van der Waals surface area (Å²) in [4.78, 5) is 16.7. The number of nitrogens with one attached hydrogen (secondary N) is 1. The molecule has 156 valence electrons. The average molecular weight is 423 g/mol. The Labute approximate surface area is 183 Å². The Morgan fingerprint density at radius 2 is 1.77 bits per heavy atom. The molecule has 0 atom stereocenters. The zero-order valence-corrected chi connectivity index (χ0v) is 17.7. The summed E-state index contributed by atoms with van der Waals surface area (Å²) >= 11 is 5.40. The van der Waals surface area contributed by atoms with E-state index in [2.05, 4.69) is 28.4 Å². The van der Waals surface area contributed by atoms with E-state index in [0.29, 0.717) is 23.7 Å². The third kappa shape index (κ3) is 6.55. The molecule has 0 bridgehead atoms. The zero-order valence-electron chi connectivity index (χ0n) is 16.9. The molecule has 0 aliphatic carbocycles. The Morgan fingerprint density at radius 1 is 1.07 bits per heavy atom. The number of rotatable bonds is 7. The minimum Gasteiger partial charge on any atom is -0.493 e. The summed E-state index contributed by atoms with van der Waals surface area (Å²) < 4.78 is 5.77. The van der Waals surface area contributed by atoms with Gasteiger partial charge in [0.15, 0.2) is 5.11 Å². The second-order valence-electron chi connectivity index (χ2n) is 7.10. The van der Waals surface area contributed by atoms with Crippen LogP contribution in [0.5, 0.6) is 5.75 Å². The zero-order chi connectivity index (χ0) is 21.2. The maximum atomic E-state index is 12.5. The van der Waals surface area contributed by atoms with E-state index in [1.807, 2.05) is 23.1 Å². The van der Waals surface area contributed by atoms with Gasteiger partial charge < -0.3 is 9.64 Å². The molecule has 7 heteroatoms. The van der Waals surface area contributed by atoms with Crippen LogP contribution in [0.1, 0.15) is 22.3 Å². The number of thiocarbonyl (C=S) groups is 1. The molecule has 0 spiro atoms. The van der Waals surface area contributed by atoms with Gasteiger partial charge in [0.25, 0.3) is 5.91 Å². The van der Waals surface area contributed by atoms with Gasteiger partial charge in [0.1, 0.15) is 5.75 Å². The predicted molar refractivity (Wildman–Crippen MR) is 120 cm³/mol. The molecule has 1 N–H and O–H groups in total. The van der Waals surface area contributed by atoms with Gasteiger partial charge in [-0.15, -0.1) is 0 Å². The van der Waals surface area contributed by atoms with Crippen molar-refractivity contribution in [2.24, 2.45) is 0 Å². The number of amides is 1. The van der Waals surface area contributed by atoms with E-state index in [1.54, 1.807) is 24.3 Å². The molecule has 1 saturated heterocycles. The first-order chi connectivity index (χ1) is 14.7. The smallest absolute Gasteiger partial charge is 0.257 e. The van der Waals surface area contributed by atoms with E-state index in [1.165, 1.54) is 5.56 Å². The lowest BCUT2D eigenvalue weighted by molar-refractivity contribution is 0.0969. The highest BCUT2D eigenvalue weighted by molar-refractivity contribution is 7.80. The van der Waals surface area contributed by atoms with Crippen LogP contribution in [0, 0.1) is 11.3 Å². The van der Waals surface area contributed by atoms with Crippen LogP contribution in [-0.2, 0) is 6.42 Å². The topological polar surface area (TPSA) is 68.6 Å². The van der Waals surface area contributed by atoms with Crippen molar-refractivity contribution in [1.82, 2.24) is 15.1 Å². The third-order valence-electron chi connectivity index (χ3n) is 5.04. The van der Waals surface area contributed by atoms with Crippen LogP contribution in [-0.4, -0.2) is 60.2 Å². The van der Waals surface area contributed by atoms with Gasteiger partial charge in [0.05, 0.1) is 12.7 Å². The number of carbonyl (C=O) groups is 1. The van der Waals surface area contributed by atoms with Crippen molar-refractivity contribution in [2.45, 2.75) is 12.8 Å². The lowest BCUT2D eigenvalue weighted by Crippen LogP contribution is -2.52. The van der Waals surface area contributed by atoms with E-state index >= 15 is 0 Å². The Morgan fingerprint density at radius 3 is 2.43 bits per heavy atom. The molecule has 0 radical (unpaired) electrons. The normalized spacial score (nSPS) is 14.0. The van der Waals surface area contributed by atoms with Crippen molar-refractivity contribution < 1.29 is 9.53 Å². The fraction of sp³-hybridized carbons (Fsp3) is 0.348. The maximum absolute atomic E-state index is 12.5. The number of hydrogen-bond acceptors (Lipinski definition) is 5. The third-order valence-corrected chi connectivity index (χ3v) is 5.40. The van der Waals surface area contributed by atoms with E-state index in [4.69, 9.17) is 22.2 Å². The molecular formula is C23H26N4O2S. The van der Waals surface area contributed by atoms with Gasteiger partial charge in [-0.25, -0.2) is 0 Å². The molecule has 0 unspecified atom stereocenters. The molecule has 3 rings (SSSR count). The van der Waals surface area contributed by atoms with Gasteiger partial charge >= 0.3 is 0 Å². The molecular weight excluding hydrogens is 396 g/mol. The molecule has 30 heavy (non-hydrogen) atoms. The number of nitriles is 1. The molecule has 0 saturated carbocycles. The Kier molecular flexibility index (Phi) is 8.19. The molecule has 1 fully saturated rings. The molecule has 2 aromatic rings. The minimum absolute atomic E-state index is 0.220. The highest BCUT2D eigenvalue weighted by atomic mass is 32.1. The van der Waals surface area contributed by atoms with Crippen LogP contribution in [0.15, 0.2) is 54.6 Å². The van der Waals surface area contributed by atoms with Gasteiger partial charge in [0.2, 0.25) is 0 Å². The van der Waals surface area contributed by atoms with Crippen LogP contribution >= 0.6 is 12.2 Å². The molecule has 1 aliphatic heterocycles. The van der Waals surface area contributed by atoms with E-state index in [-0.39, 0.29) is 5.91 Å². The highest BCUT2D eigenvalue weighted by Gasteiger charge is 2.20. The predicted octanol–water partition coefficient (Wildman–Crippen LogP) is 2.85. The summed E-state index contributed by atoms with van der Waals surface area (Å²) in [7, 11) is 0. The Hall–Kier alpha value is -2.95. The quantitative estimate of drug-likeness (QED) is 0.692. The van der Waals surface area contributed by atoms with Crippen molar-refractivity contribution in [3.63, 3.8) is 0 Å². The molecule has 0 aromatic heterocycles. The molecule has 6 nitrogen and oxygen atoms in total. The van der Waals surface area contributed by atoms with Crippen LogP contribution in [0.25, 0.3) is 0 Å². The number of benzene rings is 2. The van der Waals surface area contributed by atoms with Gasteiger partial charge in [-0.2, -0.15) is 5.26 Å². The van der Waals surface area contributed by atoms with Gasteiger partial charge in [-0.3, -0.25) is 15.0 Å². The van der Waals surface area contributed by atoms with Crippen molar-refractivity contribution in [3.05, 3.63) is 65.7 Å². The highest BCUT2D eigenvalue weighted by Crippen LogP contribution is 2.13. The summed E-state index contributed by atoms with van der Waals surface area (Å²) in [6.45, 7) is 4.54. The minimum atomic E-state index is -0.220. The standard InChI is InChI=1S/C23H26N4O2S/c24-12-4-13-26-14-16-27(17-15-26)23(30)25-22(28)20-7-9-21(10-8-20)29-18-11-19-5-2-1-3-6-19/h1-3,5-10H,4,11,13-18H2,(H,25,28,30). The molecule has 1 heterocycles. The Balaban J connectivity index is 1.42. The second kappa shape index (κ2) is 11.3. The summed E-state index contributed by atoms with van der Waals surface area (Å²) in [5.74, 6) is 0.515. The van der Waals surface area contributed by atoms with Crippen LogP contribution in [0.4, 0.5) is 0 Å². The number of ether oxygens (including phenoxy) is 1. The van der Waals surface area contributed by atoms with E-state index < -0.39 is 0 Å². The van der Waals surface area contributed by atoms with Gasteiger partial charge in [-0.1, -0.05) is 30.3 Å². The number of carbonyl (C=O) groups excluding carboxylic acids is 1. The second-order valence-corrected chi connectivity index (χ2v) is 7.49. The lowest BCUT2D eigenvalue weighted by Gasteiger charge is -2.35. The van der Waals surface area contributed by atoms with E-state index in [9.17, 15) is 4.79 Å². The van der Waals surface area contributed by atoms with E-state index in [0.717, 1.165) is 44.9 Å². The first-order valence-electron chi connectivity index (χ1n) is 10.1. The first-order valence-corrected chi connectivity index (χ1v) is 10.5. The monoisotopic (exact) mass is 422 g/mol. The summed E-state index contributed by atoms with van der Waals surface area (Å²) in [5.41, 5.74) is 1.77. The van der Waals surface area contributed by atoms with Crippen LogP contribution in [0.2, 0.25) is 0 Å². The average Bonchev–Trinajstić information content (AvgIpc) is 2.79. The van der Waals surface area contributed by atoms with Crippen molar-refractivity contribution in [2.75, 3.05) is 39.3 Å². The molecule has 1 aliphatic rings. The molecule has 1 amide bonds. The maximum Gasteiger partial charge on any atom is 0.257 e. The fourth-order valence-electron chi connectivity index (χ4n) is 3.26. The molecule has 2 aromatic carbocycles. The SMILES string of the molecule is N#CCCN1CCN(C(=S)NC(=O)c2ccc(OCCc3ccccc3)cc2)CC1. The lowest BCUT2D eigenvalue weighted by atomic mass is 10.2. The van der Waals surface area contributed by atoms with Crippen molar-refractivity contribution in [3.8, 4) is 11.8 Å². The van der Waals surface area contributed by atoms with Crippen molar-refractivity contribution in [1.29, 1.82) is 5.26 Å². The number of piperazine rings is 1. The number of nitrogens with zero attached hydrogens (tertiary/aromatic N) is 3. The fourth-order valence-corrected chi connectivity index (χ4v) is 3.54. The van der Waals surface area contributed by atoms with Crippen LogP contribution in [0.3, 0.4) is 0 Å². The Bertz CT molecular complexity index is 872.